The Morgan fingerprint density at radius 3 is 2.22 bits per heavy atom. The summed E-state index contributed by atoms with van der Waals surface area (Å²) in [7, 11) is -3.79. The minimum atomic E-state index is -3.79. The summed E-state index contributed by atoms with van der Waals surface area (Å²) < 4.78 is 26.6. The fourth-order valence-electron chi connectivity index (χ4n) is 4.69. The van der Waals surface area contributed by atoms with Crippen LogP contribution >= 0.6 is 23.2 Å². The van der Waals surface area contributed by atoms with Gasteiger partial charge in [0.25, 0.3) is 0 Å². The van der Waals surface area contributed by atoms with Gasteiger partial charge in [-0.2, -0.15) is 0 Å². The van der Waals surface area contributed by atoms with Crippen molar-refractivity contribution in [2.24, 2.45) is 0 Å². The van der Waals surface area contributed by atoms with Crippen LogP contribution in [0.4, 0.5) is 5.69 Å². The minimum absolute atomic E-state index is 0.0263. The molecule has 0 radical (unpaired) electrons. The van der Waals surface area contributed by atoms with Crippen LogP contribution in [-0.2, 0) is 26.2 Å². The molecule has 0 bridgehead atoms. The Balaban J connectivity index is 1.92. The molecule has 1 fully saturated rings. The number of nitrogens with zero attached hydrogens (tertiary/aromatic N) is 2. The Bertz CT molecular complexity index is 1230. The lowest BCUT2D eigenvalue weighted by atomic mass is 9.95. The molecule has 202 valence electrons. The Labute approximate surface area is 230 Å². The smallest absolute Gasteiger partial charge is 0.244 e. The zero-order valence-electron chi connectivity index (χ0n) is 21.8. The van der Waals surface area contributed by atoms with Gasteiger partial charge in [0.15, 0.2) is 0 Å². The van der Waals surface area contributed by atoms with Crippen LogP contribution in [0.15, 0.2) is 36.4 Å². The summed E-state index contributed by atoms with van der Waals surface area (Å²) >= 11 is 12.4. The van der Waals surface area contributed by atoms with Crippen LogP contribution in [0.3, 0.4) is 0 Å². The first-order chi connectivity index (χ1) is 17.3. The average molecular weight is 569 g/mol. The Morgan fingerprint density at radius 1 is 1.03 bits per heavy atom. The molecule has 2 amide bonds. The lowest BCUT2D eigenvalue weighted by Gasteiger charge is -2.33. The van der Waals surface area contributed by atoms with Gasteiger partial charge in [-0.05, 0) is 74.6 Å². The van der Waals surface area contributed by atoms with Gasteiger partial charge in [-0.15, -0.1) is 0 Å². The van der Waals surface area contributed by atoms with Crippen molar-refractivity contribution in [3.05, 3.63) is 63.1 Å². The predicted molar refractivity (Wildman–Crippen MR) is 150 cm³/mol. The number of amides is 2. The van der Waals surface area contributed by atoms with Crippen molar-refractivity contribution < 1.29 is 18.0 Å². The van der Waals surface area contributed by atoms with E-state index in [-0.39, 0.29) is 18.5 Å². The number of halogens is 2. The number of nitrogens with one attached hydrogen (secondary N) is 1. The fraction of sp³-hybridized carbons (Fsp3) is 0.481. The maximum atomic E-state index is 13.7. The number of benzene rings is 2. The Hall–Kier alpha value is -2.29. The first kappa shape index (κ1) is 29.3. The van der Waals surface area contributed by atoms with E-state index < -0.39 is 28.5 Å². The van der Waals surface area contributed by atoms with Crippen molar-refractivity contribution in [2.45, 2.75) is 71.5 Å². The molecule has 1 saturated carbocycles. The van der Waals surface area contributed by atoms with Crippen LogP contribution in [0.2, 0.25) is 10.0 Å². The second-order valence-corrected chi connectivity index (χ2v) is 12.6. The molecule has 0 aromatic heterocycles. The summed E-state index contributed by atoms with van der Waals surface area (Å²) in [5.74, 6) is -0.787. The third-order valence-electron chi connectivity index (χ3n) is 6.65. The average Bonchev–Trinajstić information content (AvgIpc) is 2.80. The third kappa shape index (κ3) is 8.09. The number of hydrogen-bond donors (Lipinski definition) is 1. The van der Waals surface area contributed by atoms with Crippen LogP contribution in [0.5, 0.6) is 0 Å². The van der Waals surface area contributed by atoms with E-state index >= 15 is 0 Å². The van der Waals surface area contributed by atoms with Crippen molar-refractivity contribution in [1.29, 1.82) is 0 Å². The van der Waals surface area contributed by atoms with Gasteiger partial charge in [-0.3, -0.25) is 13.9 Å². The van der Waals surface area contributed by atoms with Crippen LogP contribution in [0, 0.1) is 13.8 Å². The molecule has 0 heterocycles. The van der Waals surface area contributed by atoms with E-state index in [1.54, 1.807) is 37.3 Å². The molecular weight excluding hydrogens is 533 g/mol. The number of anilines is 1. The monoisotopic (exact) mass is 567 g/mol. The Morgan fingerprint density at radius 2 is 1.65 bits per heavy atom. The van der Waals surface area contributed by atoms with Gasteiger partial charge in [0.05, 0.1) is 11.9 Å². The molecule has 37 heavy (non-hydrogen) atoms. The maximum absolute atomic E-state index is 13.7. The van der Waals surface area contributed by atoms with Gasteiger partial charge in [0, 0.05) is 22.6 Å². The van der Waals surface area contributed by atoms with Crippen molar-refractivity contribution in [3.8, 4) is 0 Å². The highest BCUT2D eigenvalue weighted by atomic mass is 35.5. The normalized spacial score (nSPS) is 15.2. The van der Waals surface area contributed by atoms with Crippen molar-refractivity contribution in [2.75, 3.05) is 17.1 Å². The molecule has 10 heteroatoms. The molecule has 7 nitrogen and oxygen atoms in total. The summed E-state index contributed by atoms with van der Waals surface area (Å²) in [6.07, 6.45) is 6.15. The number of carbonyl (C=O) groups excluding carboxylic acids is 2. The van der Waals surface area contributed by atoms with Gasteiger partial charge >= 0.3 is 0 Å². The van der Waals surface area contributed by atoms with E-state index in [0.29, 0.717) is 21.3 Å². The van der Waals surface area contributed by atoms with E-state index in [1.165, 1.54) is 4.90 Å². The van der Waals surface area contributed by atoms with Crippen molar-refractivity contribution in [1.82, 2.24) is 10.2 Å². The highest BCUT2D eigenvalue weighted by Gasteiger charge is 2.31. The molecule has 1 N–H and O–H groups in total. The second kappa shape index (κ2) is 12.5. The molecule has 1 aliphatic rings. The van der Waals surface area contributed by atoms with Crippen LogP contribution in [-0.4, -0.2) is 50.0 Å². The summed E-state index contributed by atoms with van der Waals surface area (Å²) in [6, 6.07) is 9.54. The predicted octanol–water partition coefficient (Wildman–Crippen LogP) is 5.24. The van der Waals surface area contributed by atoms with Gasteiger partial charge < -0.3 is 10.2 Å². The maximum Gasteiger partial charge on any atom is 0.244 e. The SMILES string of the molecule is Cc1cc(C)cc(N(CC(=O)N(Cc2ccc(Cl)cc2Cl)[C@@H](C)C(=O)NC2CCCCC2)S(C)(=O)=O)c1. The summed E-state index contributed by atoms with van der Waals surface area (Å²) in [6.45, 7) is 4.96. The van der Waals surface area contributed by atoms with E-state index in [1.807, 2.05) is 19.9 Å². The molecule has 1 aliphatic carbocycles. The first-order valence-electron chi connectivity index (χ1n) is 12.4. The largest absolute Gasteiger partial charge is 0.352 e. The van der Waals surface area contributed by atoms with Crippen LogP contribution in [0.1, 0.15) is 55.7 Å². The van der Waals surface area contributed by atoms with Crippen molar-refractivity contribution >= 4 is 50.7 Å². The first-order valence-corrected chi connectivity index (χ1v) is 15.1. The molecule has 3 rings (SSSR count). The topological polar surface area (TPSA) is 86.8 Å². The van der Waals surface area contributed by atoms with E-state index in [0.717, 1.165) is 53.8 Å². The number of carbonyl (C=O) groups is 2. The van der Waals surface area contributed by atoms with E-state index in [4.69, 9.17) is 23.2 Å². The molecule has 1 atom stereocenters. The standard InChI is InChI=1S/C27H35Cl2N3O4S/c1-18-12-19(2)14-24(13-18)32(37(4,35)36)17-26(33)31(16-21-10-11-22(28)15-25(21)29)20(3)27(34)30-23-8-6-5-7-9-23/h10-15,20,23H,5-9,16-17H2,1-4H3,(H,30,34)/t20-/m0/s1. The third-order valence-corrected chi connectivity index (χ3v) is 8.38. The Kier molecular flexibility index (Phi) is 9.89. The number of aryl methyl sites for hydroxylation is 2. The zero-order valence-corrected chi connectivity index (χ0v) is 24.1. The lowest BCUT2D eigenvalue weighted by Crippen LogP contribution is -2.53. The fourth-order valence-corrected chi connectivity index (χ4v) is 5.99. The highest BCUT2D eigenvalue weighted by Crippen LogP contribution is 2.25. The summed E-state index contributed by atoms with van der Waals surface area (Å²) in [4.78, 5) is 28.4. The summed E-state index contributed by atoms with van der Waals surface area (Å²) in [5.41, 5.74) is 2.76. The molecule has 0 unspecified atom stereocenters. The highest BCUT2D eigenvalue weighted by molar-refractivity contribution is 7.92. The molecular formula is C27H35Cl2N3O4S. The molecule has 0 spiro atoms. The quantitative estimate of drug-likeness (QED) is 0.448. The van der Waals surface area contributed by atoms with Crippen molar-refractivity contribution in [3.63, 3.8) is 0 Å². The second-order valence-electron chi connectivity index (χ2n) is 9.89. The zero-order chi connectivity index (χ0) is 27.3. The number of hydrogen-bond acceptors (Lipinski definition) is 4. The molecule has 2 aromatic carbocycles. The molecule has 0 saturated heterocycles. The number of rotatable bonds is 9. The summed E-state index contributed by atoms with van der Waals surface area (Å²) in [5, 5.41) is 3.89. The van der Waals surface area contributed by atoms with Crippen LogP contribution in [0.25, 0.3) is 0 Å². The van der Waals surface area contributed by atoms with Gasteiger partial charge in [-0.1, -0.05) is 54.6 Å². The number of sulfonamides is 1. The lowest BCUT2D eigenvalue weighted by molar-refractivity contribution is -0.139. The van der Waals surface area contributed by atoms with Gasteiger partial charge in [0.2, 0.25) is 21.8 Å². The van der Waals surface area contributed by atoms with Gasteiger partial charge in [-0.25, -0.2) is 8.42 Å². The molecule has 2 aromatic rings. The van der Waals surface area contributed by atoms with Crippen LogP contribution < -0.4 is 9.62 Å². The molecule has 0 aliphatic heterocycles. The van der Waals surface area contributed by atoms with E-state index in [2.05, 4.69) is 5.32 Å². The minimum Gasteiger partial charge on any atom is -0.352 e. The van der Waals surface area contributed by atoms with Gasteiger partial charge in [0.1, 0.15) is 12.6 Å². The van der Waals surface area contributed by atoms with E-state index in [9.17, 15) is 18.0 Å².